The van der Waals surface area contributed by atoms with Crippen LogP contribution in [-0.4, -0.2) is 53.7 Å². The van der Waals surface area contributed by atoms with Crippen molar-refractivity contribution in [1.29, 1.82) is 0 Å². The van der Waals surface area contributed by atoms with E-state index in [2.05, 4.69) is 4.98 Å². The number of aliphatic hydroxyl groups is 1. The molecule has 1 aromatic heterocycles. The number of alkyl halides is 3. The van der Waals surface area contributed by atoms with Crippen molar-refractivity contribution < 1.29 is 27.9 Å². The van der Waals surface area contributed by atoms with Gasteiger partial charge in [0.25, 0.3) is 5.91 Å². The number of amides is 2. The predicted molar refractivity (Wildman–Crippen MR) is 110 cm³/mol. The summed E-state index contributed by atoms with van der Waals surface area (Å²) in [6.45, 7) is -0.575. The number of carbonyl (C=O) groups excluding carboxylic acids is 2. The van der Waals surface area contributed by atoms with E-state index in [9.17, 15) is 27.9 Å². The Hall–Kier alpha value is -2.94. The van der Waals surface area contributed by atoms with Crippen LogP contribution in [0.25, 0.3) is 16.5 Å². The van der Waals surface area contributed by atoms with Gasteiger partial charge in [0.1, 0.15) is 5.92 Å². The van der Waals surface area contributed by atoms with Crippen molar-refractivity contribution >= 4 is 28.3 Å². The summed E-state index contributed by atoms with van der Waals surface area (Å²) in [4.78, 5) is 30.4. The van der Waals surface area contributed by atoms with Crippen LogP contribution in [0.4, 0.5) is 13.2 Å². The first kappa shape index (κ1) is 22.7. The molecule has 166 valence electrons. The molecular weight excluding hydrogens is 411 g/mol. The fourth-order valence-corrected chi connectivity index (χ4v) is 3.90. The molecule has 2 aromatic rings. The molecule has 0 fully saturated rings. The zero-order valence-corrected chi connectivity index (χ0v) is 17.2. The molecule has 2 amide bonds. The smallest absolute Gasteiger partial charge is 0.392 e. The average molecular weight is 435 g/mol. The van der Waals surface area contributed by atoms with E-state index >= 15 is 0 Å². The Kier molecular flexibility index (Phi) is 6.35. The van der Waals surface area contributed by atoms with Crippen LogP contribution < -0.4 is 5.73 Å². The maximum absolute atomic E-state index is 13.0. The molecule has 0 radical (unpaired) electrons. The topological polar surface area (TPSA) is 96.5 Å². The fourth-order valence-electron chi connectivity index (χ4n) is 3.90. The Balaban J connectivity index is 2.15. The second-order valence-electron chi connectivity index (χ2n) is 7.87. The summed E-state index contributed by atoms with van der Waals surface area (Å²) in [5.74, 6) is -3.69. The van der Waals surface area contributed by atoms with E-state index in [1.807, 2.05) is 0 Å². The highest BCUT2D eigenvalue weighted by Crippen LogP contribution is 2.40. The van der Waals surface area contributed by atoms with Crippen molar-refractivity contribution in [3.63, 3.8) is 0 Å². The normalized spacial score (nSPS) is 17.9. The summed E-state index contributed by atoms with van der Waals surface area (Å²) in [7, 11) is 3.04. The highest BCUT2D eigenvalue weighted by atomic mass is 19.4. The van der Waals surface area contributed by atoms with E-state index in [0.717, 1.165) is 5.57 Å². The summed E-state index contributed by atoms with van der Waals surface area (Å²) in [6.07, 6.45) is -2.55. The summed E-state index contributed by atoms with van der Waals surface area (Å²) >= 11 is 0. The molecule has 3 rings (SSSR count). The van der Waals surface area contributed by atoms with Gasteiger partial charge < -0.3 is 15.7 Å². The molecular formula is C22H24F3N3O3. The van der Waals surface area contributed by atoms with Gasteiger partial charge in [-0.05, 0) is 30.9 Å². The summed E-state index contributed by atoms with van der Waals surface area (Å²) < 4.78 is 39.1. The molecule has 0 saturated carbocycles. The molecule has 2 atom stereocenters. The van der Waals surface area contributed by atoms with E-state index in [4.69, 9.17) is 5.73 Å². The summed E-state index contributed by atoms with van der Waals surface area (Å²) in [6, 6.07) is 6.71. The molecule has 0 bridgehead atoms. The number of aliphatic hydroxyl groups excluding tert-OH is 1. The lowest BCUT2D eigenvalue weighted by Gasteiger charge is -2.25. The number of pyridine rings is 1. The van der Waals surface area contributed by atoms with Gasteiger partial charge in [0.05, 0.1) is 29.3 Å². The molecule has 1 unspecified atom stereocenters. The Morgan fingerprint density at radius 3 is 2.55 bits per heavy atom. The quantitative estimate of drug-likeness (QED) is 0.754. The SMILES string of the molecule is CN(C)C(=O)[C@H](CO)c1nc2c(C3=CCC(C(F)(F)F)CC3)cccc2cc1C(N)=O. The zero-order chi connectivity index (χ0) is 22.9. The number of carbonyl (C=O) groups is 2. The van der Waals surface area contributed by atoms with Gasteiger partial charge in [0.2, 0.25) is 5.91 Å². The van der Waals surface area contributed by atoms with Gasteiger partial charge in [0, 0.05) is 25.0 Å². The lowest BCUT2D eigenvalue weighted by molar-refractivity contribution is -0.175. The van der Waals surface area contributed by atoms with E-state index in [0.29, 0.717) is 16.5 Å². The second kappa shape index (κ2) is 8.66. The molecule has 1 aromatic carbocycles. The van der Waals surface area contributed by atoms with Gasteiger partial charge >= 0.3 is 6.18 Å². The summed E-state index contributed by atoms with van der Waals surface area (Å²) in [5.41, 5.74) is 7.41. The third-order valence-electron chi connectivity index (χ3n) is 5.61. The molecule has 31 heavy (non-hydrogen) atoms. The summed E-state index contributed by atoms with van der Waals surface area (Å²) in [5, 5.41) is 10.4. The number of primary amides is 1. The minimum Gasteiger partial charge on any atom is -0.395 e. The van der Waals surface area contributed by atoms with Crippen LogP contribution >= 0.6 is 0 Å². The highest BCUT2D eigenvalue weighted by Gasteiger charge is 2.40. The Morgan fingerprint density at radius 1 is 1.32 bits per heavy atom. The van der Waals surface area contributed by atoms with Gasteiger partial charge in [0.15, 0.2) is 0 Å². The predicted octanol–water partition coefficient (Wildman–Crippen LogP) is 3.24. The number of fused-ring (bicyclic) bond motifs is 1. The van der Waals surface area contributed by atoms with Gasteiger partial charge in [-0.3, -0.25) is 14.6 Å². The van der Waals surface area contributed by atoms with Crippen LogP contribution in [-0.2, 0) is 4.79 Å². The first-order valence-corrected chi connectivity index (χ1v) is 9.86. The molecule has 6 nitrogen and oxygen atoms in total. The lowest BCUT2D eigenvalue weighted by atomic mass is 9.85. The lowest BCUT2D eigenvalue weighted by Crippen LogP contribution is -2.32. The van der Waals surface area contributed by atoms with Gasteiger partial charge in [-0.25, -0.2) is 0 Å². The van der Waals surface area contributed by atoms with Crippen molar-refractivity contribution in [2.75, 3.05) is 20.7 Å². The van der Waals surface area contributed by atoms with E-state index in [-0.39, 0.29) is 30.5 Å². The zero-order valence-electron chi connectivity index (χ0n) is 17.2. The minimum absolute atomic E-state index is 0.0175. The fraction of sp³-hybridized carbons (Fsp3) is 0.409. The van der Waals surface area contributed by atoms with Crippen LogP contribution in [0.15, 0.2) is 30.3 Å². The molecule has 9 heteroatoms. The number of rotatable bonds is 5. The van der Waals surface area contributed by atoms with Crippen LogP contribution in [0.5, 0.6) is 0 Å². The third kappa shape index (κ3) is 4.56. The van der Waals surface area contributed by atoms with Gasteiger partial charge in [-0.1, -0.05) is 24.3 Å². The number of benzene rings is 1. The number of allylic oxidation sites excluding steroid dienone is 2. The molecule has 0 spiro atoms. The van der Waals surface area contributed by atoms with Crippen molar-refractivity contribution in [1.82, 2.24) is 9.88 Å². The third-order valence-corrected chi connectivity index (χ3v) is 5.61. The average Bonchev–Trinajstić information content (AvgIpc) is 2.72. The minimum atomic E-state index is -4.23. The highest BCUT2D eigenvalue weighted by molar-refractivity contribution is 6.01. The van der Waals surface area contributed by atoms with Crippen LogP contribution in [0.3, 0.4) is 0 Å². The number of nitrogens with zero attached hydrogens (tertiary/aromatic N) is 2. The molecule has 3 N–H and O–H groups in total. The number of hydrogen-bond donors (Lipinski definition) is 2. The molecule has 0 saturated heterocycles. The maximum Gasteiger partial charge on any atom is 0.392 e. The van der Waals surface area contributed by atoms with Crippen LogP contribution in [0, 0.1) is 5.92 Å². The first-order chi connectivity index (χ1) is 14.5. The molecule has 0 aliphatic heterocycles. The largest absolute Gasteiger partial charge is 0.395 e. The van der Waals surface area contributed by atoms with E-state index < -0.39 is 36.4 Å². The van der Waals surface area contributed by atoms with Crippen molar-refractivity contribution in [3.05, 3.63) is 47.2 Å². The molecule has 1 heterocycles. The maximum atomic E-state index is 13.0. The number of aromatic nitrogens is 1. The van der Waals surface area contributed by atoms with Gasteiger partial charge in [-0.15, -0.1) is 0 Å². The molecule has 1 aliphatic carbocycles. The second-order valence-corrected chi connectivity index (χ2v) is 7.87. The van der Waals surface area contributed by atoms with E-state index in [1.54, 1.807) is 24.3 Å². The van der Waals surface area contributed by atoms with Crippen LogP contribution in [0.1, 0.15) is 46.8 Å². The van der Waals surface area contributed by atoms with Crippen molar-refractivity contribution in [2.24, 2.45) is 11.7 Å². The number of likely N-dealkylation sites (N-methyl/N-ethyl adjacent to an activating group) is 1. The van der Waals surface area contributed by atoms with Crippen LogP contribution in [0.2, 0.25) is 0 Å². The molecule has 1 aliphatic rings. The number of hydrogen-bond acceptors (Lipinski definition) is 4. The Labute approximate surface area is 177 Å². The first-order valence-electron chi connectivity index (χ1n) is 9.86. The number of halogens is 3. The van der Waals surface area contributed by atoms with Crippen molar-refractivity contribution in [2.45, 2.75) is 31.4 Å². The Morgan fingerprint density at radius 2 is 2.03 bits per heavy atom. The standard InChI is InChI=1S/C22H24F3N3O3/c1-28(2)21(31)17(11-29)19-16(20(26)30)10-13-4-3-5-15(18(13)27-19)12-6-8-14(9-7-12)22(23,24)25/h3-6,10,14,17,29H,7-9,11H2,1-2H3,(H2,26,30)/t14?,17-/m1/s1. The Bertz CT molecular complexity index is 1050. The van der Waals surface area contributed by atoms with E-state index in [1.165, 1.54) is 25.1 Å². The van der Waals surface area contributed by atoms with Crippen molar-refractivity contribution in [3.8, 4) is 0 Å². The van der Waals surface area contributed by atoms with Gasteiger partial charge in [-0.2, -0.15) is 13.2 Å². The number of nitrogens with two attached hydrogens (primary N) is 1. The number of para-hydroxylation sites is 1. The monoisotopic (exact) mass is 435 g/mol.